The number of carbonyl (C=O) groups is 2. The lowest BCUT2D eigenvalue weighted by atomic mass is 10.0. The van der Waals surface area contributed by atoms with Gasteiger partial charge in [0.1, 0.15) is 5.75 Å². The van der Waals surface area contributed by atoms with Crippen molar-refractivity contribution in [3.63, 3.8) is 0 Å². The Kier molecular flexibility index (Phi) is 12.0. The molecule has 0 unspecified atom stereocenters. The van der Waals surface area contributed by atoms with Crippen LogP contribution in [0.5, 0.6) is 5.75 Å². The van der Waals surface area contributed by atoms with Gasteiger partial charge in [0.15, 0.2) is 0 Å². The molecule has 0 atom stereocenters. The molecule has 7 nitrogen and oxygen atoms in total. The fourth-order valence-electron chi connectivity index (χ4n) is 4.02. The number of rotatable bonds is 14. The number of hydrogen-bond acceptors (Lipinski definition) is 3. The molecule has 0 radical (unpaired) electrons. The maximum atomic E-state index is 12.3. The average Bonchev–Trinajstić information content (AvgIpc) is 2.92. The first-order valence-electron chi connectivity index (χ1n) is 13.6. The quantitative estimate of drug-likeness (QED) is 0.165. The molecule has 0 spiro atoms. The standard InChI is InChI=1S/C31H40N4O3/c1-3-5-6-7-8-9-22-32-30(36)33-26-14-10-24(11-15-26)23-25-12-16-27(17-13-25)34-31(37)35-28-18-20-29(21-19-28)38-4-2/h10-21H,3-9,22-23H2,1-2H3,(H2,32,33,36)(H2,34,35,37). The van der Waals surface area contributed by atoms with Crippen molar-refractivity contribution < 1.29 is 14.3 Å². The molecule has 0 aliphatic rings. The summed E-state index contributed by atoms with van der Waals surface area (Å²) in [5, 5.41) is 11.5. The molecular formula is C31H40N4O3. The summed E-state index contributed by atoms with van der Waals surface area (Å²) in [7, 11) is 0. The molecule has 0 aliphatic carbocycles. The van der Waals surface area contributed by atoms with E-state index in [2.05, 4.69) is 28.2 Å². The van der Waals surface area contributed by atoms with Crippen LogP contribution in [0.4, 0.5) is 26.7 Å². The molecule has 3 rings (SSSR count). The first kappa shape index (κ1) is 28.6. The van der Waals surface area contributed by atoms with Crippen LogP contribution >= 0.6 is 0 Å². The Hall–Kier alpha value is -4.00. The van der Waals surface area contributed by atoms with E-state index in [0.717, 1.165) is 41.8 Å². The van der Waals surface area contributed by atoms with Crippen LogP contribution in [0, 0.1) is 0 Å². The largest absolute Gasteiger partial charge is 0.494 e. The third-order valence-electron chi connectivity index (χ3n) is 6.07. The van der Waals surface area contributed by atoms with Gasteiger partial charge in [0.2, 0.25) is 0 Å². The van der Waals surface area contributed by atoms with E-state index in [1.807, 2.05) is 67.6 Å². The molecular weight excluding hydrogens is 476 g/mol. The Morgan fingerprint density at radius 3 is 1.61 bits per heavy atom. The van der Waals surface area contributed by atoms with Crippen LogP contribution in [0.25, 0.3) is 0 Å². The Balaban J connectivity index is 1.38. The molecule has 0 aliphatic heterocycles. The molecule has 0 fully saturated rings. The minimum atomic E-state index is -0.305. The Labute approximate surface area is 226 Å². The van der Waals surface area contributed by atoms with Gasteiger partial charge < -0.3 is 26.0 Å². The SMILES string of the molecule is CCCCCCCCNC(=O)Nc1ccc(Cc2ccc(NC(=O)Nc3ccc(OCC)cc3)cc2)cc1. The van der Waals surface area contributed by atoms with Crippen LogP contribution in [-0.4, -0.2) is 25.2 Å². The second kappa shape index (κ2) is 16.0. The van der Waals surface area contributed by atoms with Crippen molar-refractivity contribution in [2.75, 3.05) is 29.1 Å². The minimum absolute atomic E-state index is 0.166. The van der Waals surface area contributed by atoms with Crippen molar-refractivity contribution in [2.24, 2.45) is 0 Å². The highest BCUT2D eigenvalue weighted by molar-refractivity contribution is 5.99. The summed E-state index contributed by atoms with van der Waals surface area (Å²) in [4.78, 5) is 24.4. The zero-order valence-electron chi connectivity index (χ0n) is 22.5. The van der Waals surface area contributed by atoms with Crippen LogP contribution in [0.3, 0.4) is 0 Å². The normalized spacial score (nSPS) is 10.5. The molecule has 0 aromatic heterocycles. The summed E-state index contributed by atoms with van der Waals surface area (Å²) in [5.41, 5.74) is 4.43. The Morgan fingerprint density at radius 1 is 0.605 bits per heavy atom. The predicted octanol–water partition coefficient (Wildman–Crippen LogP) is 7.80. The Bertz CT molecular complexity index is 1110. The van der Waals surface area contributed by atoms with Gasteiger partial charge in [-0.15, -0.1) is 0 Å². The van der Waals surface area contributed by atoms with Gasteiger partial charge in [-0.2, -0.15) is 0 Å². The summed E-state index contributed by atoms with van der Waals surface area (Å²) in [6, 6.07) is 22.4. The maximum absolute atomic E-state index is 12.3. The van der Waals surface area contributed by atoms with E-state index < -0.39 is 0 Å². The first-order chi connectivity index (χ1) is 18.6. The smallest absolute Gasteiger partial charge is 0.323 e. The van der Waals surface area contributed by atoms with Gasteiger partial charge in [-0.05, 0) is 79.4 Å². The molecule has 0 saturated heterocycles. The summed E-state index contributed by atoms with van der Waals surface area (Å²) in [6.45, 7) is 5.44. The fraction of sp³-hybridized carbons (Fsp3) is 0.355. The van der Waals surface area contributed by atoms with Crippen molar-refractivity contribution in [2.45, 2.75) is 58.8 Å². The monoisotopic (exact) mass is 516 g/mol. The first-order valence-corrected chi connectivity index (χ1v) is 13.6. The van der Waals surface area contributed by atoms with E-state index in [9.17, 15) is 9.59 Å². The molecule has 0 heterocycles. The van der Waals surface area contributed by atoms with Gasteiger partial charge in [0, 0.05) is 23.6 Å². The third kappa shape index (κ3) is 10.5. The third-order valence-corrected chi connectivity index (χ3v) is 6.07. The van der Waals surface area contributed by atoms with Crippen molar-refractivity contribution >= 4 is 29.1 Å². The van der Waals surface area contributed by atoms with Gasteiger partial charge in [0.05, 0.1) is 6.61 Å². The van der Waals surface area contributed by atoms with Crippen LogP contribution in [0.2, 0.25) is 0 Å². The summed E-state index contributed by atoms with van der Waals surface area (Å²) >= 11 is 0. The van der Waals surface area contributed by atoms with Gasteiger partial charge in [0.25, 0.3) is 0 Å². The van der Waals surface area contributed by atoms with E-state index in [1.54, 1.807) is 12.1 Å². The van der Waals surface area contributed by atoms with Crippen molar-refractivity contribution in [3.05, 3.63) is 83.9 Å². The number of anilines is 3. The second-order valence-corrected chi connectivity index (χ2v) is 9.26. The molecule has 3 aromatic carbocycles. The van der Waals surface area contributed by atoms with Crippen molar-refractivity contribution in [1.82, 2.24) is 5.32 Å². The predicted molar refractivity (Wildman–Crippen MR) is 156 cm³/mol. The van der Waals surface area contributed by atoms with Crippen molar-refractivity contribution in [3.8, 4) is 5.75 Å². The molecule has 202 valence electrons. The van der Waals surface area contributed by atoms with E-state index >= 15 is 0 Å². The molecule has 7 heteroatoms. The van der Waals surface area contributed by atoms with Gasteiger partial charge in [-0.3, -0.25) is 0 Å². The van der Waals surface area contributed by atoms with Crippen LogP contribution in [-0.2, 0) is 6.42 Å². The number of carbonyl (C=O) groups excluding carboxylic acids is 2. The highest BCUT2D eigenvalue weighted by Crippen LogP contribution is 2.18. The van der Waals surface area contributed by atoms with Crippen molar-refractivity contribution in [1.29, 1.82) is 0 Å². The highest BCUT2D eigenvalue weighted by atomic mass is 16.5. The number of benzene rings is 3. The highest BCUT2D eigenvalue weighted by Gasteiger charge is 2.05. The molecule has 4 N–H and O–H groups in total. The van der Waals surface area contributed by atoms with E-state index in [-0.39, 0.29) is 12.1 Å². The summed E-state index contributed by atoms with van der Waals surface area (Å²) < 4.78 is 5.42. The summed E-state index contributed by atoms with van der Waals surface area (Å²) in [5.74, 6) is 0.768. The zero-order valence-corrected chi connectivity index (χ0v) is 22.5. The minimum Gasteiger partial charge on any atom is -0.494 e. The lowest BCUT2D eigenvalue weighted by Gasteiger charge is -2.10. The molecule has 38 heavy (non-hydrogen) atoms. The summed E-state index contributed by atoms with van der Waals surface area (Å²) in [6.07, 6.45) is 7.97. The molecule has 0 bridgehead atoms. The number of urea groups is 2. The fourth-order valence-corrected chi connectivity index (χ4v) is 4.02. The number of unbranched alkanes of at least 4 members (excludes halogenated alkanes) is 5. The zero-order chi connectivity index (χ0) is 27.0. The topological polar surface area (TPSA) is 91.5 Å². The van der Waals surface area contributed by atoms with E-state index in [4.69, 9.17) is 4.74 Å². The lowest BCUT2D eigenvalue weighted by Crippen LogP contribution is -2.29. The number of ether oxygens (including phenoxy) is 1. The molecule has 4 amide bonds. The van der Waals surface area contributed by atoms with Crippen LogP contribution < -0.4 is 26.0 Å². The number of amides is 4. The molecule has 3 aromatic rings. The Morgan fingerprint density at radius 2 is 1.08 bits per heavy atom. The van der Waals surface area contributed by atoms with Gasteiger partial charge >= 0.3 is 12.1 Å². The number of hydrogen-bond donors (Lipinski definition) is 4. The van der Waals surface area contributed by atoms with Gasteiger partial charge in [-0.1, -0.05) is 63.3 Å². The maximum Gasteiger partial charge on any atom is 0.323 e. The van der Waals surface area contributed by atoms with Crippen LogP contribution in [0.1, 0.15) is 63.5 Å². The van der Waals surface area contributed by atoms with Gasteiger partial charge in [-0.25, -0.2) is 9.59 Å². The molecule has 0 saturated carbocycles. The number of nitrogens with one attached hydrogen (secondary N) is 4. The van der Waals surface area contributed by atoms with E-state index in [1.165, 1.54) is 25.7 Å². The lowest BCUT2D eigenvalue weighted by molar-refractivity contribution is 0.252. The van der Waals surface area contributed by atoms with Crippen LogP contribution in [0.15, 0.2) is 72.8 Å². The van der Waals surface area contributed by atoms with E-state index in [0.29, 0.717) is 24.5 Å². The second-order valence-electron chi connectivity index (χ2n) is 9.26. The average molecular weight is 517 g/mol.